The fraction of sp³-hybridized carbons (Fsp3) is 0.524. The van der Waals surface area contributed by atoms with Crippen LogP contribution in [0.5, 0.6) is 0 Å². The van der Waals surface area contributed by atoms with E-state index >= 15 is 0 Å². The topological polar surface area (TPSA) is 86.8 Å². The molecule has 28 heavy (non-hydrogen) atoms. The second-order valence-electron chi connectivity index (χ2n) is 8.35. The third kappa shape index (κ3) is 3.19. The first kappa shape index (κ1) is 18.7. The lowest BCUT2D eigenvalue weighted by Crippen LogP contribution is -2.45. The number of hydrogen-bond acceptors (Lipinski definition) is 4. The summed E-state index contributed by atoms with van der Waals surface area (Å²) in [7, 11) is 0. The van der Waals surface area contributed by atoms with E-state index in [1.54, 1.807) is 18.2 Å². The number of benzene rings is 1. The predicted octanol–water partition coefficient (Wildman–Crippen LogP) is 2.55. The summed E-state index contributed by atoms with van der Waals surface area (Å²) in [4.78, 5) is 51.8. The number of carbonyl (C=O) groups excluding carboxylic acids is 4. The standard InChI is InChI=1S/C21H25N3O4/c1-12-4-3-5-16(8-12)22-18(25)11-23-19(26)20(27)24(21(23)28)13(2)17-10-14-6-7-15(17)9-14/h3-5,8,13-15,17H,6-7,9-11H2,1-2H3,(H,22,25)/t13-,14-,15-,17+/m0/s1. The average Bonchev–Trinajstić information content (AvgIpc) is 3.33. The SMILES string of the molecule is Cc1cccc(NC(=O)CN2C(=O)C(=O)N([C@@H](C)[C@H]3C[C@H]4CC[C@H]3C4)C2=O)c1. The smallest absolute Gasteiger partial charge is 0.325 e. The summed E-state index contributed by atoms with van der Waals surface area (Å²) in [6.07, 6.45) is 4.51. The van der Waals surface area contributed by atoms with Crippen molar-refractivity contribution in [1.29, 1.82) is 0 Å². The highest BCUT2D eigenvalue weighted by atomic mass is 16.2. The van der Waals surface area contributed by atoms with Gasteiger partial charge in [0, 0.05) is 11.7 Å². The Morgan fingerprint density at radius 2 is 1.96 bits per heavy atom. The fourth-order valence-electron chi connectivity index (χ4n) is 5.16. The van der Waals surface area contributed by atoms with Crippen LogP contribution in [0.3, 0.4) is 0 Å². The monoisotopic (exact) mass is 383 g/mol. The molecule has 0 radical (unpaired) electrons. The highest BCUT2D eigenvalue weighted by Crippen LogP contribution is 2.50. The van der Waals surface area contributed by atoms with Gasteiger partial charge in [-0.1, -0.05) is 18.6 Å². The van der Waals surface area contributed by atoms with Crippen LogP contribution in [0.15, 0.2) is 24.3 Å². The molecular weight excluding hydrogens is 358 g/mol. The van der Waals surface area contributed by atoms with Gasteiger partial charge in [0.15, 0.2) is 0 Å². The second kappa shape index (κ2) is 7.04. The van der Waals surface area contributed by atoms with E-state index in [4.69, 9.17) is 0 Å². The second-order valence-corrected chi connectivity index (χ2v) is 8.35. The van der Waals surface area contributed by atoms with Gasteiger partial charge >= 0.3 is 17.8 Å². The van der Waals surface area contributed by atoms with E-state index in [0.717, 1.165) is 34.6 Å². The first-order chi connectivity index (χ1) is 13.3. The predicted molar refractivity (Wildman–Crippen MR) is 102 cm³/mol. The molecule has 0 aromatic heterocycles. The number of nitrogens with one attached hydrogen (secondary N) is 1. The first-order valence-corrected chi connectivity index (χ1v) is 9.90. The molecule has 5 amide bonds. The maximum Gasteiger partial charge on any atom is 0.334 e. The summed E-state index contributed by atoms with van der Waals surface area (Å²) in [5, 5.41) is 2.67. The Morgan fingerprint density at radius 1 is 1.18 bits per heavy atom. The zero-order chi connectivity index (χ0) is 20.0. The average molecular weight is 383 g/mol. The Hall–Kier alpha value is -2.70. The minimum absolute atomic E-state index is 0.250. The quantitative estimate of drug-likeness (QED) is 0.625. The Balaban J connectivity index is 1.44. The zero-order valence-corrected chi connectivity index (χ0v) is 16.2. The van der Waals surface area contributed by atoms with Crippen molar-refractivity contribution in [1.82, 2.24) is 9.80 Å². The molecule has 0 unspecified atom stereocenters. The normalized spacial score (nSPS) is 27.6. The molecule has 1 saturated heterocycles. The maximum atomic E-state index is 12.8. The number of aryl methyl sites for hydroxylation is 1. The molecule has 1 aliphatic heterocycles. The summed E-state index contributed by atoms with van der Waals surface area (Å²) in [5.41, 5.74) is 1.56. The summed E-state index contributed by atoms with van der Waals surface area (Å²) < 4.78 is 0. The van der Waals surface area contributed by atoms with Crippen LogP contribution in [-0.4, -0.2) is 46.1 Å². The Labute approximate surface area is 164 Å². The van der Waals surface area contributed by atoms with Crippen molar-refractivity contribution in [3.05, 3.63) is 29.8 Å². The molecule has 1 heterocycles. The lowest BCUT2D eigenvalue weighted by Gasteiger charge is -2.32. The van der Waals surface area contributed by atoms with Crippen LogP contribution < -0.4 is 5.32 Å². The van der Waals surface area contributed by atoms with E-state index in [9.17, 15) is 19.2 Å². The van der Waals surface area contributed by atoms with E-state index in [1.807, 2.05) is 19.9 Å². The van der Waals surface area contributed by atoms with Crippen molar-refractivity contribution in [2.45, 2.75) is 45.6 Å². The van der Waals surface area contributed by atoms with Crippen LogP contribution in [0.2, 0.25) is 0 Å². The first-order valence-electron chi connectivity index (χ1n) is 9.90. The minimum Gasteiger partial charge on any atom is -0.325 e. The van der Waals surface area contributed by atoms with Gasteiger partial charge in [0.1, 0.15) is 6.54 Å². The van der Waals surface area contributed by atoms with Gasteiger partial charge < -0.3 is 5.32 Å². The number of carbonyl (C=O) groups is 4. The molecule has 3 fully saturated rings. The number of anilines is 1. The molecule has 0 spiro atoms. The maximum absolute atomic E-state index is 12.8. The summed E-state index contributed by atoms with van der Waals surface area (Å²) >= 11 is 0. The molecule has 1 aromatic carbocycles. The molecule has 4 atom stereocenters. The van der Waals surface area contributed by atoms with Crippen LogP contribution in [0.1, 0.15) is 38.2 Å². The number of nitrogens with zero attached hydrogens (tertiary/aromatic N) is 2. The van der Waals surface area contributed by atoms with Gasteiger partial charge in [-0.15, -0.1) is 0 Å². The summed E-state index contributed by atoms with van der Waals surface area (Å²) in [5.74, 6) is -0.787. The van der Waals surface area contributed by atoms with Gasteiger partial charge in [0.05, 0.1) is 0 Å². The number of imide groups is 2. The van der Waals surface area contributed by atoms with Crippen molar-refractivity contribution in [3.63, 3.8) is 0 Å². The number of amides is 5. The molecule has 1 aromatic rings. The molecule has 4 rings (SSSR count). The molecule has 7 heteroatoms. The Morgan fingerprint density at radius 3 is 2.61 bits per heavy atom. The van der Waals surface area contributed by atoms with E-state index in [2.05, 4.69) is 5.32 Å². The highest BCUT2D eigenvalue weighted by Gasteiger charge is 2.52. The summed E-state index contributed by atoms with van der Waals surface area (Å²) in [6, 6.07) is 6.23. The van der Waals surface area contributed by atoms with Crippen LogP contribution in [0.25, 0.3) is 0 Å². The molecule has 3 aliphatic rings. The van der Waals surface area contributed by atoms with Gasteiger partial charge in [-0.25, -0.2) is 9.69 Å². The molecule has 2 bridgehead atoms. The van der Waals surface area contributed by atoms with Crippen molar-refractivity contribution in [2.24, 2.45) is 17.8 Å². The molecule has 7 nitrogen and oxygen atoms in total. The van der Waals surface area contributed by atoms with Crippen LogP contribution >= 0.6 is 0 Å². The van der Waals surface area contributed by atoms with Gasteiger partial charge in [0.2, 0.25) is 5.91 Å². The third-order valence-corrected chi connectivity index (χ3v) is 6.51. The summed E-state index contributed by atoms with van der Waals surface area (Å²) in [6.45, 7) is 3.29. The fourth-order valence-corrected chi connectivity index (χ4v) is 5.16. The number of hydrogen-bond donors (Lipinski definition) is 1. The number of rotatable bonds is 5. The molecule has 2 saturated carbocycles. The van der Waals surface area contributed by atoms with Gasteiger partial charge in [-0.05, 0) is 68.6 Å². The zero-order valence-electron chi connectivity index (χ0n) is 16.2. The highest BCUT2D eigenvalue weighted by molar-refractivity contribution is 6.45. The minimum atomic E-state index is -0.917. The molecular formula is C21H25N3O4. The van der Waals surface area contributed by atoms with Crippen LogP contribution in [-0.2, 0) is 14.4 Å². The largest absolute Gasteiger partial charge is 0.334 e. The lowest BCUT2D eigenvalue weighted by molar-refractivity contribution is -0.144. The molecule has 1 N–H and O–H groups in total. The van der Waals surface area contributed by atoms with Crippen LogP contribution in [0.4, 0.5) is 10.5 Å². The lowest BCUT2D eigenvalue weighted by atomic mass is 9.83. The number of urea groups is 1. The third-order valence-electron chi connectivity index (χ3n) is 6.51. The van der Waals surface area contributed by atoms with Gasteiger partial charge in [-0.3, -0.25) is 19.3 Å². The van der Waals surface area contributed by atoms with Crippen LogP contribution in [0, 0.1) is 24.7 Å². The van der Waals surface area contributed by atoms with E-state index < -0.39 is 30.3 Å². The van der Waals surface area contributed by atoms with E-state index in [-0.39, 0.29) is 12.0 Å². The van der Waals surface area contributed by atoms with E-state index in [1.165, 1.54) is 6.42 Å². The molecule has 148 valence electrons. The Bertz CT molecular complexity index is 852. The van der Waals surface area contributed by atoms with Crippen molar-refractivity contribution in [2.75, 3.05) is 11.9 Å². The van der Waals surface area contributed by atoms with Gasteiger partial charge in [0.25, 0.3) is 0 Å². The van der Waals surface area contributed by atoms with E-state index in [0.29, 0.717) is 17.5 Å². The van der Waals surface area contributed by atoms with Crippen molar-refractivity contribution < 1.29 is 19.2 Å². The van der Waals surface area contributed by atoms with Gasteiger partial charge in [-0.2, -0.15) is 0 Å². The number of fused-ring (bicyclic) bond motifs is 2. The van der Waals surface area contributed by atoms with Crippen molar-refractivity contribution >= 4 is 29.4 Å². The molecule has 2 aliphatic carbocycles. The Kier molecular flexibility index (Phi) is 4.69. The van der Waals surface area contributed by atoms with Crippen molar-refractivity contribution in [3.8, 4) is 0 Å².